The summed E-state index contributed by atoms with van der Waals surface area (Å²) in [4.78, 5) is 10.4. The molecule has 0 atom stereocenters. The summed E-state index contributed by atoms with van der Waals surface area (Å²) in [6.07, 6.45) is 0. The lowest BCUT2D eigenvalue weighted by atomic mass is 9.94. The molecule has 0 fully saturated rings. The summed E-state index contributed by atoms with van der Waals surface area (Å²) in [5.74, 6) is 0. The van der Waals surface area contributed by atoms with Gasteiger partial charge in [-0.25, -0.2) is 9.97 Å². The highest BCUT2D eigenvalue weighted by atomic mass is 15.0. The first-order valence-corrected chi connectivity index (χ1v) is 19.8. The van der Waals surface area contributed by atoms with E-state index in [9.17, 15) is 0 Å². The van der Waals surface area contributed by atoms with Crippen LogP contribution in [0.4, 0.5) is 0 Å². The van der Waals surface area contributed by atoms with E-state index < -0.39 is 0 Å². The Morgan fingerprint density at radius 2 is 0.966 bits per heavy atom. The third-order valence-electron chi connectivity index (χ3n) is 12.2. The van der Waals surface area contributed by atoms with Crippen molar-refractivity contribution in [1.29, 1.82) is 0 Å². The lowest BCUT2D eigenvalue weighted by Gasteiger charge is -2.13. The number of rotatable bonds is 4. The zero-order valence-electron chi connectivity index (χ0n) is 31.3. The normalized spacial score (nSPS) is 12.1. The van der Waals surface area contributed by atoms with Gasteiger partial charge in [0.15, 0.2) is 5.65 Å². The monoisotopic (exact) mass is 736 g/mol. The molecule has 4 aromatic heterocycles. The number of para-hydroxylation sites is 3. The third kappa shape index (κ3) is 4.40. The van der Waals surface area contributed by atoms with Crippen molar-refractivity contribution >= 4 is 82.0 Å². The van der Waals surface area contributed by atoms with Gasteiger partial charge in [-0.1, -0.05) is 140 Å². The highest BCUT2D eigenvalue weighted by molar-refractivity contribution is 6.25. The van der Waals surface area contributed by atoms with Crippen molar-refractivity contribution in [2.75, 3.05) is 0 Å². The summed E-state index contributed by atoms with van der Waals surface area (Å²) in [6, 6.07) is 70.3. The minimum Gasteiger partial charge on any atom is -0.309 e. The summed E-state index contributed by atoms with van der Waals surface area (Å²) >= 11 is 0. The van der Waals surface area contributed by atoms with E-state index in [2.05, 4.69) is 185 Å². The van der Waals surface area contributed by atoms with Gasteiger partial charge >= 0.3 is 0 Å². The highest BCUT2D eigenvalue weighted by Gasteiger charge is 2.22. The number of fused-ring (bicyclic) bond motifs is 12. The van der Waals surface area contributed by atoms with Crippen LogP contribution in [0.15, 0.2) is 194 Å². The number of aromatic nitrogens is 4. The molecule has 0 saturated carbocycles. The van der Waals surface area contributed by atoms with E-state index in [4.69, 9.17) is 9.97 Å². The molecule has 0 saturated heterocycles. The largest absolute Gasteiger partial charge is 0.309 e. The highest BCUT2D eigenvalue weighted by Crippen LogP contribution is 2.44. The van der Waals surface area contributed by atoms with Crippen LogP contribution >= 0.6 is 0 Å². The van der Waals surface area contributed by atoms with Crippen molar-refractivity contribution in [3.8, 4) is 39.1 Å². The molecule has 268 valence electrons. The Hall–Kier alpha value is -7.82. The fourth-order valence-corrected chi connectivity index (χ4v) is 9.62. The maximum Gasteiger partial charge on any atom is 0.165 e. The Kier molecular flexibility index (Phi) is 6.41. The van der Waals surface area contributed by atoms with Crippen LogP contribution in [0.5, 0.6) is 0 Å². The maximum atomic E-state index is 5.21. The van der Waals surface area contributed by atoms with Gasteiger partial charge in [-0.05, 0) is 98.8 Å². The Labute approximate surface area is 332 Å². The molecule has 4 heterocycles. The molecule has 0 N–H and O–H groups in total. The van der Waals surface area contributed by atoms with Gasteiger partial charge in [0.05, 0.1) is 33.1 Å². The summed E-state index contributed by atoms with van der Waals surface area (Å²) in [7, 11) is 0. The molecule has 13 rings (SSSR count). The van der Waals surface area contributed by atoms with Gasteiger partial charge in [-0.3, -0.25) is 4.40 Å². The lowest BCUT2D eigenvalue weighted by Crippen LogP contribution is -1.95. The molecule has 0 radical (unpaired) electrons. The Morgan fingerprint density at radius 1 is 0.345 bits per heavy atom. The van der Waals surface area contributed by atoms with E-state index in [1.165, 1.54) is 71.1 Å². The minimum atomic E-state index is 0.899. The number of benzene rings is 9. The first kappa shape index (κ1) is 31.4. The molecule has 0 bridgehead atoms. The number of hydrogen-bond acceptors (Lipinski definition) is 2. The van der Waals surface area contributed by atoms with Crippen LogP contribution in [0.2, 0.25) is 0 Å². The predicted octanol–water partition coefficient (Wildman–Crippen LogP) is 14.0. The van der Waals surface area contributed by atoms with Crippen molar-refractivity contribution in [2.45, 2.75) is 0 Å². The van der Waals surface area contributed by atoms with Crippen molar-refractivity contribution in [3.63, 3.8) is 0 Å². The average Bonchev–Trinajstić information content (AvgIpc) is 3.92. The molecule has 0 spiro atoms. The van der Waals surface area contributed by atoms with Crippen molar-refractivity contribution in [2.24, 2.45) is 0 Å². The van der Waals surface area contributed by atoms with Gasteiger partial charge in [0, 0.05) is 32.6 Å². The van der Waals surface area contributed by atoms with E-state index >= 15 is 0 Å². The molecule has 9 aromatic carbocycles. The second-order valence-electron chi connectivity index (χ2n) is 15.4. The first-order chi connectivity index (χ1) is 28.8. The summed E-state index contributed by atoms with van der Waals surface area (Å²) in [6.45, 7) is 0. The van der Waals surface area contributed by atoms with Gasteiger partial charge < -0.3 is 4.57 Å². The van der Waals surface area contributed by atoms with E-state index in [1.54, 1.807) is 0 Å². The van der Waals surface area contributed by atoms with Gasteiger partial charge in [-0.2, -0.15) is 0 Å². The molecule has 4 heteroatoms. The van der Waals surface area contributed by atoms with Crippen molar-refractivity contribution < 1.29 is 0 Å². The molecule has 0 unspecified atom stereocenters. The van der Waals surface area contributed by atoms with Crippen LogP contribution in [0, 0.1) is 0 Å². The summed E-state index contributed by atoms with van der Waals surface area (Å²) in [5, 5.41) is 8.58. The zero-order chi connectivity index (χ0) is 37.9. The SMILES string of the molecule is c1ccc(-c2ccc3c4c5ccccc5c(-c5ccccc5)cc4n(-c4ccc(-c5cc6c7ccccc7n7c8nc9ccccc9nc8c(c5)c67)cc4)c3c2)cc1. The fraction of sp³-hybridized carbons (Fsp3) is 0. The molecule has 58 heavy (non-hydrogen) atoms. The van der Waals surface area contributed by atoms with E-state index in [1.807, 2.05) is 18.2 Å². The number of nitrogens with zero attached hydrogens (tertiary/aromatic N) is 4. The standard InChI is InChI=1S/C54H32N4/c1-3-13-33(14-4-1)36-25-28-42-49(31-36)57(50-32-43(35-15-5-2-6-16-35)39-17-7-8-19-41(39)51(42)50)38-26-23-34(24-27-38)37-29-44-40-18-9-12-22-48(40)58-53(44)45(30-37)52-54(58)56-47-21-11-10-20-46(47)55-52/h1-32H. The zero-order valence-corrected chi connectivity index (χ0v) is 31.3. The van der Waals surface area contributed by atoms with Gasteiger partial charge in [0.1, 0.15) is 5.52 Å². The Bertz CT molecular complexity index is 3770. The van der Waals surface area contributed by atoms with Crippen LogP contribution in [0.25, 0.3) is 121 Å². The smallest absolute Gasteiger partial charge is 0.165 e. The molecule has 0 aliphatic carbocycles. The van der Waals surface area contributed by atoms with Gasteiger partial charge in [-0.15, -0.1) is 0 Å². The van der Waals surface area contributed by atoms with Gasteiger partial charge in [0.2, 0.25) is 0 Å². The summed E-state index contributed by atoms with van der Waals surface area (Å²) < 4.78 is 4.77. The number of hydrogen-bond donors (Lipinski definition) is 0. The van der Waals surface area contributed by atoms with Gasteiger partial charge in [0.25, 0.3) is 0 Å². The second kappa shape index (κ2) is 11.8. The van der Waals surface area contributed by atoms with Crippen LogP contribution in [-0.2, 0) is 0 Å². The molecule has 0 aliphatic heterocycles. The molecule has 0 amide bonds. The third-order valence-corrected chi connectivity index (χ3v) is 12.2. The van der Waals surface area contributed by atoms with E-state index in [-0.39, 0.29) is 0 Å². The van der Waals surface area contributed by atoms with E-state index in [0.29, 0.717) is 0 Å². The maximum absolute atomic E-state index is 5.21. The van der Waals surface area contributed by atoms with Crippen LogP contribution in [-0.4, -0.2) is 18.9 Å². The summed E-state index contributed by atoms with van der Waals surface area (Å²) in [5.41, 5.74) is 16.6. The van der Waals surface area contributed by atoms with E-state index in [0.717, 1.165) is 49.9 Å². The quantitative estimate of drug-likeness (QED) is 0.180. The molecule has 13 aromatic rings. The molecule has 4 nitrogen and oxygen atoms in total. The Balaban J connectivity index is 1.06. The van der Waals surface area contributed by atoms with Crippen LogP contribution < -0.4 is 0 Å². The van der Waals surface area contributed by atoms with Crippen molar-refractivity contribution in [1.82, 2.24) is 18.9 Å². The van der Waals surface area contributed by atoms with Crippen LogP contribution in [0.1, 0.15) is 0 Å². The molecular weight excluding hydrogens is 705 g/mol. The first-order valence-electron chi connectivity index (χ1n) is 19.8. The topological polar surface area (TPSA) is 35.1 Å². The average molecular weight is 737 g/mol. The second-order valence-corrected chi connectivity index (χ2v) is 15.4. The predicted molar refractivity (Wildman–Crippen MR) is 242 cm³/mol. The molecular formula is C54H32N4. The van der Waals surface area contributed by atoms with Crippen LogP contribution in [0.3, 0.4) is 0 Å². The lowest BCUT2D eigenvalue weighted by molar-refractivity contribution is 1.18. The molecule has 0 aliphatic rings. The van der Waals surface area contributed by atoms with Crippen molar-refractivity contribution in [3.05, 3.63) is 194 Å². The fourth-order valence-electron chi connectivity index (χ4n) is 9.62. The Morgan fingerprint density at radius 3 is 1.76 bits per heavy atom. The minimum absolute atomic E-state index is 0.899.